The molecule has 0 bridgehead atoms. The van der Waals surface area contributed by atoms with Gasteiger partial charge in [0.2, 0.25) is 35.1 Å². The zero-order chi connectivity index (χ0) is 26.3. The number of nitrogens with zero attached hydrogens (tertiary/aromatic N) is 3. The summed E-state index contributed by atoms with van der Waals surface area (Å²) >= 11 is 0. The number of rotatable bonds is 4. The third-order valence-electron chi connectivity index (χ3n) is 7.77. The van der Waals surface area contributed by atoms with Crippen molar-refractivity contribution in [2.45, 2.75) is 48.3 Å². The molecule has 6 rings (SSSR count). The van der Waals surface area contributed by atoms with Gasteiger partial charge in [-0.05, 0) is 11.6 Å². The molecule has 1 aromatic carbocycles. The third kappa shape index (κ3) is 3.07. The lowest BCUT2D eigenvalue weighted by Crippen LogP contribution is -2.79. The van der Waals surface area contributed by atoms with Crippen molar-refractivity contribution >= 4 is 41.2 Å². The van der Waals surface area contributed by atoms with Gasteiger partial charge in [-0.1, -0.05) is 18.2 Å². The highest BCUT2D eigenvalue weighted by Crippen LogP contribution is 2.42. The van der Waals surface area contributed by atoms with Gasteiger partial charge >= 0.3 is 5.96 Å². The lowest BCUT2D eigenvalue weighted by atomic mass is 9.85. The van der Waals surface area contributed by atoms with E-state index in [1.165, 1.54) is 4.58 Å². The fourth-order valence-corrected chi connectivity index (χ4v) is 6.05. The summed E-state index contributed by atoms with van der Waals surface area (Å²) in [4.78, 5) is 55.7. The summed E-state index contributed by atoms with van der Waals surface area (Å²) < 4.78 is 1.40. The van der Waals surface area contributed by atoms with E-state index in [9.17, 15) is 29.4 Å². The van der Waals surface area contributed by atoms with E-state index in [2.05, 4.69) is 26.3 Å². The highest BCUT2D eigenvalue weighted by atomic mass is 16.5. The summed E-state index contributed by atoms with van der Waals surface area (Å²) in [6, 6.07) is 3.57. The fourth-order valence-electron chi connectivity index (χ4n) is 6.05. The maximum atomic E-state index is 13.2. The Morgan fingerprint density at radius 2 is 1.89 bits per heavy atom. The molecule has 5 aliphatic rings. The minimum Gasteiger partial charge on any atom is -0.370 e. The molecular weight excluding hydrogens is 486 g/mol. The summed E-state index contributed by atoms with van der Waals surface area (Å²) in [5, 5.41) is 34.1. The minimum absolute atomic E-state index is 0.00549. The number of benzene rings is 1. The van der Waals surface area contributed by atoms with Gasteiger partial charge in [-0.2, -0.15) is 0 Å². The van der Waals surface area contributed by atoms with Gasteiger partial charge in [0.1, 0.15) is 24.0 Å². The second-order valence-corrected chi connectivity index (χ2v) is 9.79. The van der Waals surface area contributed by atoms with E-state index < -0.39 is 47.3 Å². The molecule has 5 atom stereocenters. The normalized spacial score (nSPS) is 33.3. The Bertz CT molecular complexity index is 1310. The van der Waals surface area contributed by atoms with Crippen LogP contribution in [0, 0.1) is 0 Å². The number of carbonyl (C=O) groups excluding carboxylic acids is 4. The second-order valence-electron chi connectivity index (χ2n) is 9.79. The molecule has 194 valence electrons. The highest BCUT2D eigenvalue weighted by molar-refractivity contribution is 6.16. The monoisotopic (exact) mass is 512 g/mol. The SMILES string of the molecule is NC1=N[C@H]2[C@H](CN3C(=O)CCC3=O)NC(N)=[N+]3CC(NC(=O)C4C(=O)Nc5ccccc54)C(O)(O)[C@]23N1. The number of amides is 4. The quantitative estimate of drug-likeness (QED) is 0.0832. The van der Waals surface area contributed by atoms with Crippen LogP contribution in [0.3, 0.4) is 0 Å². The predicted octanol–water partition coefficient (Wildman–Crippen LogP) is -4.67. The third-order valence-corrected chi connectivity index (χ3v) is 7.77. The molecule has 2 fully saturated rings. The van der Waals surface area contributed by atoms with Crippen LogP contribution in [0.5, 0.6) is 0 Å². The lowest BCUT2D eigenvalue weighted by molar-refractivity contribution is -0.623. The second kappa shape index (κ2) is 7.63. The van der Waals surface area contributed by atoms with E-state index in [4.69, 9.17) is 11.5 Å². The van der Waals surface area contributed by atoms with Crippen LogP contribution < -0.4 is 32.7 Å². The lowest BCUT2D eigenvalue weighted by Gasteiger charge is -2.44. The first-order valence-corrected chi connectivity index (χ1v) is 11.8. The fraction of sp³-hybridized carbons (Fsp3) is 0.455. The van der Waals surface area contributed by atoms with E-state index in [-0.39, 0.29) is 49.7 Å². The number of likely N-dealkylation sites (tertiary alicyclic amines) is 1. The van der Waals surface area contributed by atoms with Crippen LogP contribution in [-0.4, -0.2) is 97.9 Å². The van der Waals surface area contributed by atoms with Crippen LogP contribution in [-0.2, 0) is 19.2 Å². The maximum absolute atomic E-state index is 13.2. The summed E-state index contributed by atoms with van der Waals surface area (Å²) in [5.74, 6) is -5.95. The number of nitrogens with two attached hydrogens (primary N) is 2. The smallest absolute Gasteiger partial charge is 0.346 e. The average Bonchev–Trinajstić information content (AvgIpc) is 3.53. The number of hydrogen-bond donors (Lipinski definition) is 8. The van der Waals surface area contributed by atoms with E-state index in [0.717, 1.165) is 4.90 Å². The van der Waals surface area contributed by atoms with Crippen molar-refractivity contribution in [1.29, 1.82) is 0 Å². The Kier molecular flexibility index (Phi) is 4.78. The first kappa shape index (κ1) is 23.2. The Labute approximate surface area is 209 Å². The van der Waals surface area contributed by atoms with Crippen LogP contribution in [0.25, 0.3) is 0 Å². The van der Waals surface area contributed by atoms with Crippen LogP contribution in [0.1, 0.15) is 24.3 Å². The van der Waals surface area contributed by atoms with Crippen molar-refractivity contribution in [1.82, 2.24) is 20.9 Å². The molecule has 5 heterocycles. The molecule has 1 aromatic rings. The molecular formula is C22H26N9O6+. The molecule has 0 aromatic heterocycles. The standard InChI is InChI=1S/C22H25N9O6/c23-19-28-16-11(7-30-13(32)5-6-14(30)33)26-20(24)31-8-12(22(36,37)21(16,31)29-19)27-18(35)15-9-3-1-2-4-10(9)25-17(15)34/h1-4,11-12,15-16,36-37H,5-8H2,(H7,23,24,25,26,27,28,29,34,35)/p+1/t11-,12?,15?,16-,21-/m0/s1. The van der Waals surface area contributed by atoms with Gasteiger partial charge in [0.25, 0.3) is 0 Å². The maximum Gasteiger partial charge on any atom is 0.346 e. The Balaban J connectivity index is 1.31. The molecule has 10 N–H and O–H groups in total. The Hall–Kier alpha value is -4.24. The van der Waals surface area contributed by atoms with Gasteiger partial charge in [0.05, 0.1) is 13.1 Å². The average molecular weight is 513 g/mol. The van der Waals surface area contributed by atoms with E-state index >= 15 is 0 Å². The summed E-state index contributed by atoms with van der Waals surface area (Å²) in [6.07, 6.45) is 0.179. The largest absolute Gasteiger partial charge is 0.370 e. The van der Waals surface area contributed by atoms with Gasteiger partial charge in [-0.3, -0.25) is 35.1 Å². The molecule has 2 unspecified atom stereocenters. The van der Waals surface area contributed by atoms with Crippen LogP contribution in [0.2, 0.25) is 0 Å². The molecule has 4 amide bonds. The first-order chi connectivity index (χ1) is 17.5. The number of carbonyl (C=O) groups is 4. The Morgan fingerprint density at radius 3 is 2.62 bits per heavy atom. The van der Waals surface area contributed by atoms with Gasteiger partial charge < -0.3 is 31.9 Å². The zero-order valence-corrected chi connectivity index (χ0v) is 19.5. The van der Waals surface area contributed by atoms with Crippen LogP contribution in [0.4, 0.5) is 5.69 Å². The van der Waals surface area contributed by atoms with Crippen molar-refractivity contribution in [3.8, 4) is 0 Å². The highest BCUT2D eigenvalue weighted by Gasteiger charge is 2.75. The molecule has 5 aliphatic heterocycles. The van der Waals surface area contributed by atoms with Crippen molar-refractivity contribution in [2.24, 2.45) is 16.5 Å². The topological polar surface area (TPSA) is 228 Å². The Morgan fingerprint density at radius 1 is 1.19 bits per heavy atom. The zero-order valence-electron chi connectivity index (χ0n) is 19.5. The number of aliphatic hydroxyl groups is 2. The molecule has 15 nitrogen and oxygen atoms in total. The molecule has 0 saturated carbocycles. The molecule has 37 heavy (non-hydrogen) atoms. The minimum atomic E-state index is -2.70. The number of fused-ring (bicyclic) bond motifs is 1. The summed E-state index contributed by atoms with van der Waals surface area (Å²) in [7, 11) is 0. The number of hydrogen-bond acceptors (Lipinski definition) is 11. The summed E-state index contributed by atoms with van der Waals surface area (Å²) in [6.45, 7) is -0.294. The van der Waals surface area contributed by atoms with E-state index in [0.29, 0.717) is 11.3 Å². The number of para-hydroxylation sites is 1. The molecule has 2 saturated heterocycles. The predicted molar refractivity (Wildman–Crippen MR) is 125 cm³/mol. The van der Waals surface area contributed by atoms with Crippen molar-refractivity contribution in [3.05, 3.63) is 29.8 Å². The molecule has 1 spiro atoms. The molecule has 0 radical (unpaired) electrons. The van der Waals surface area contributed by atoms with E-state index in [1.807, 2.05) is 0 Å². The number of aliphatic imine (C=N–C) groups is 1. The van der Waals surface area contributed by atoms with E-state index in [1.54, 1.807) is 24.3 Å². The number of anilines is 1. The molecule has 15 heteroatoms. The van der Waals surface area contributed by atoms with Gasteiger partial charge in [0, 0.05) is 18.5 Å². The van der Waals surface area contributed by atoms with Crippen LogP contribution >= 0.6 is 0 Å². The summed E-state index contributed by atoms with van der Waals surface area (Å²) in [5.41, 5.74) is 11.4. The van der Waals surface area contributed by atoms with Crippen molar-refractivity contribution in [3.63, 3.8) is 0 Å². The number of nitrogens with one attached hydrogen (secondary N) is 4. The number of guanidine groups is 2. The van der Waals surface area contributed by atoms with Crippen LogP contribution in [0.15, 0.2) is 29.3 Å². The van der Waals surface area contributed by atoms with Crippen molar-refractivity contribution < 1.29 is 34.0 Å². The van der Waals surface area contributed by atoms with Gasteiger partial charge in [-0.15, -0.1) is 0 Å². The first-order valence-electron chi connectivity index (χ1n) is 11.8. The van der Waals surface area contributed by atoms with Gasteiger partial charge in [-0.25, -0.2) is 9.57 Å². The van der Waals surface area contributed by atoms with Gasteiger partial charge in [0.15, 0.2) is 5.96 Å². The molecule has 0 aliphatic carbocycles. The number of imide groups is 1. The van der Waals surface area contributed by atoms with Crippen molar-refractivity contribution in [2.75, 3.05) is 18.4 Å².